The average Bonchev–Trinajstić information content (AvgIpc) is 3.07. The molecule has 0 spiro atoms. The highest BCUT2D eigenvalue weighted by Crippen LogP contribution is 2.34. The Kier molecular flexibility index (Phi) is 5.79. The fourth-order valence-corrected chi connectivity index (χ4v) is 6.64. The van der Waals surface area contributed by atoms with Crippen LogP contribution < -0.4 is 9.47 Å². The molecule has 0 saturated carbocycles. The van der Waals surface area contributed by atoms with E-state index in [0.717, 1.165) is 4.31 Å². The molecule has 9 nitrogen and oxygen atoms in total. The highest BCUT2D eigenvalue weighted by Gasteiger charge is 2.43. The maximum absolute atomic E-state index is 13.1. The molecule has 35 heavy (non-hydrogen) atoms. The van der Waals surface area contributed by atoms with Crippen LogP contribution in [-0.4, -0.2) is 67.6 Å². The van der Waals surface area contributed by atoms with E-state index < -0.39 is 22.0 Å². The van der Waals surface area contributed by atoms with Crippen molar-refractivity contribution in [2.75, 3.05) is 26.3 Å². The van der Waals surface area contributed by atoms with Gasteiger partial charge in [-0.05, 0) is 63.1 Å². The largest absolute Gasteiger partial charge is 0.486 e. The van der Waals surface area contributed by atoms with Gasteiger partial charge in [0.15, 0.2) is 17.3 Å². The molecule has 0 N–H and O–H groups in total. The van der Waals surface area contributed by atoms with E-state index in [9.17, 15) is 22.8 Å². The van der Waals surface area contributed by atoms with Gasteiger partial charge in [-0.25, -0.2) is 12.7 Å². The van der Waals surface area contributed by atoms with Crippen molar-refractivity contribution in [3.63, 3.8) is 0 Å². The van der Waals surface area contributed by atoms with E-state index in [1.54, 1.807) is 36.9 Å². The molecule has 1 fully saturated rings. The number of rotatable bonds is 4. The van der Waals surface area contributed by atoms with Crippen molar-refractivity contribution in [3.05, 3.63) is 53.1 Å². The Bertz CT molecular complexity index is 1330. The molecule has 0 bridgehead atoms. The van der Waals surface area contributed by atoms with Crippen molar-refractivity contribution in [1.82, 2.24) is 9.21 Å². The molecule has 1 saturated heterocycles. The minimum Gasteiger partial charge on any atom is -0.486 e. The summed E-state index contributed by atoms with van der Waals surface area (Å²) in [5, 5.41) is 0. The van der Waals surface area contributed by atoms with Crippen LogP contribution in [0, 0.1) is 5.92 Å². The Morgan fingerprint density at radius 2 is 1.60 bits per heavy atom. The number of benzene rings is 2. The van der Waals surface area contributed by atoms with Gasteiger partial charge in [-0.1, -0.05) is 0 Å². The number of amides is 2. The number of Topliss-reactive ketones (excluding diaryl/α,β-unsaturated/α-hetero) is 1. The number of hydrogen-bond donors (Lipinski definition) is 0. The number of carbonyl (C=O) groups is 3. The topological polar surface area (TPSA) is 110 Å². The predicted octanol–water partition coefficient (Wildman–Crippen LogP) is 2.75. The minimum absolute atomic E-state index is 0.00462. The van der Waals surface area contributed by atoms with Crippen LogP contribution in [0.25, 0.3) is 0 Å². The number of carbonyl (C=O) groups excluding carboxylic acids is 3. The lowest BCUT2D eigenvalue weighted by atomic mass is 9.88. The molecule has 2 amide bonds. The molecular weight excluding hydrogens is 472 g/mol. The van der Waals surface area contributed by atoms with Crippen molar-refractivity contribution in [2.24, 2.45) is 5.92 Å². The van der Waals surface area contributed by atoms with E-state index in [0.29, 0.717) is 56.2 Å². The quantitative estimate of drug-likeness (QED) is 0.596. The van der Waals surface area contributed by atoms with Crippen LogP contribution in [0.15, 0.2) is 41.3 Å². The van der Waals surface area contributed by atoms with Gasteiger partial charge in [0, 0.05) is 36.2 Å². The monoisotopic (exact) mass is 498 g/mol. The summed E-state index contributed by atoms with van der Waals surface area (Å²) in [5.41, 5.74) is 0.851. The number of likely N-dealkylation sites (tertiary alicyclic amines) is 1. The van der Waals surface area contributed by atoms with Gasteiger partial charge in [0.1, 0.15) is 18.1 Å². The molecule has 3 aliphatic rings. The van der Waals surface area contributed by atoms with Gasteiger partial charge in [-0.2, -0.15) is 0 Å². The van der Waals surface area contributed by atoms with Gasteiger partial charge in [-0.15, -0.1) is 0 Å². The van der Waals surface area contributed by atoms with Gasteiger partial charge >= 0.3 is 0 Å². The molecule has 3 aliphatic heterocycles. The van der Waals surface area contributed by atoms with Gasteiger partial charge in [0.05, 0.1) is 5.56 Å². The number of ether oxygens (including phenoxy) is 2. The smallest absolute Gasteiger partial charge is 0.269 e. The lowest BCUT2D eigenvalue weighted by Gasteiger charge is -2.31. The fraction of sp³-hybridized carbons (Fsp3) is 0.400. The number of fused-ring (bicyclic) bond motifs is 2. The van der Waals surface area contributed by atoms with E-state index in [4.69, 9.17) is 9.47 Å². The molecule has 0 aliphatic carbocycles. The summed E-state index contributed by atoms with van der Waals surface area (Å²) in [6, 6.07) is 8.85. The number of nitrogens with zero attached hydrogens (tertiary/aromatic N) is 2. The summed E-state index contributed by atoms with van der Waals surface area (Å²) in [7, 11) is -3.99. The van der Waals surface area contributed by atoms with Crippen LogP contribution in [-0.2, 0) is 10.0 Å². The first-order chi connectivity index (χ1) is 16.7. The molecule has 0 radical (unpaired) electrons. The zero-order chi connectivity index (χ0) is 24.9. The van der Waals surface area contributed by atoms with Crippen LogP contribution in [0.1, 0.15) is 57.8 Å². The average molecular weight is 499 g/mol. The highest BCUT2D eigenvalue weighted by atomic mass is 32.2. The summed E-state index contributed by atoms with van der Waals surface area (Å²) < 4.78 is 37.6. The van der Waals surface area contributed by atoms with Gasteiger partial charge in [-0.3, -0.25) is 14.4 Å². The molecule has 2 aromatic carbocycles. The van der Waals surface area contributed by atoms with Crippen molar-refractivity contribution in [1.29, 1.82) is 0 Å². The van der Waals surface area contributed by atoms with Crippen LogP contribution in [0.4, 0.5) is 0 Å². The number of ketones is 1. The third-order valence-electron chi connectivity index (χ3n) is 6.64. The van der Waals surface area contributed by atoms with Crippen LogP contribution >= 0.6 is 0 Å². The lowest BCUT2D eigenvalue weighted by molar-refractivity contribution is 0.0649. The van der Waals surface area contributed by atoms with E-state index >= 15 is 0 Å². The zero-order valence-electron chi connectivity index (χ0n) is 19.5. The number of hydrogen-bond acceptors (Lipinski definition) is 7. The SMILES string of the molecule is CC(C)N1C(=O)c2ccc(C(=O)N3CCC(C(=O)c4ccc5c(c4)OCCO5)CC3)cc2S1(=O)=O. The van der Waals surface area contributed by atoms with E-state index in [1.165, 1.54) is 18.2 Å². The lowest BCUT2D eigenvalue weighted by Crippen LogP contribution is -2.40. The van der Waals surface area contributed by atoms with Gasteiger partial charge < -0.3 is 14.4 Å². The zero-order valence-corrected chi connectivity index (χ0v) is 20.3. The fourth-order valence-electron chi connectivity index (χ4n) is 4.85. The first-order valence-corrected chi connectivity index (χ1v) is 13.1. The molecule has 10 heteroatoms. The van der Waals surface area contributed by atoms with Gasteiger partial charge in [0.2, 0.25) is 0 Å². The third-order valence-corrected chi connectivity index (χ3v) is 8.64. The van der Waals surface area contributed by atoms with Gasteiger partial charge in [0.25, 0.3) is 21.8 Å². The molecule has 5 rings (SSSR count). The minimum atomic E-state index is -3.99. The summed E-state index contributed by atoms with van der Waals surface area (Å²) in [4.78, 5) is 40.2. The summed E-state index contributed by atoms with van der Waals surface area (Å²) in [6.07, 6.45) is 1.00. The predicted molar refractivity (Wildman–Crippen MR) is 125 cm³/mol. The molecular formula is C25H26N2O7S. The Morgan fingerprint density at radius 3 is 2.29 bits per heavy atom. The van der Waals surface area contributed by atoms with Crippen LogP contribution in [0.5, 0.6) is 11.5 Å². The first kappa shape index (κ1) is 23.3. The maximum atomic E-state index is 13.1. The Hall–Kier alpha value is -3.40. The summed E-state index contributed by atoms with van der Waals surface area (Å²) in [5.74, 6) is 0.0823. The van der Waals surface area contributed by atoms with Crippen LogP contribution in [0.2, 0.25) is 0 Å². The second-order valence-electron chi connectivity index (χ2n) is 9.20. The first-order valence-electron chi connectivity index (χ1n) is 11.6. The molecule has 2 aromatic rings. The van der Waals surface area contributed by atoms with Crippen LogP contribution in [0.3, 0.4) is 0 Å². The Morgan fingerprint density at radius 1 is 0.943 bits per heavy atom. The maximum Gasteiger partial charge on any atom is 0.269 e. The van der Waals surface area contributed by atoms with E-state index in [-0.39, 0.29) is 33.6 Å². The molecule has 0 aromatic heterocycles. The molecule has 0 unspecified atom stereocenters. The van der Waals surface area contributed by atoms with E-state index in [2.05, 4.69) is 0 Å². The second-order valence-corrected chi connectivity index (χ2v) is 11.0. The highest BCUT2D eigenvalue weighted by molar-refractivity contribution is 7.90. The summed E-state index contributed by atoms with van der Waals surface area (Å²) >= 11 is 0. The molecule has 184 valence electrons. The van der Waals surface area contributed by atoms with Crippen molar-refractivity contribution < 1.29 is 32.3 Å². The van der Waals surface area contributed by atoms with E-state index in [1.807, 2.05) is 0 Å². The van der Waals surface area contributed by atoms with Crippen molar-refractivity contribution in [3.8, 4) is 11.5 Å². The summed E-state index contributed by atoms with van der Waals surface area (Å²) in [6.45, 7) is 4.93. The second kappa shape index (κ2) is 8.67. The number of piperidine rings is 1. The Labute approximate surface area is 203 Å². The van der Waals surface area contributed by atoms with Crippen molar-refractivity contribution in [2.45, 2.75) is 37.6 Å². The third kappa shape index (κ3) is 3.95. The molecule has 0 atom stereocenters. The van der Waals surface area contributed by atoms with Crippen molar-refractivity contribution >= 4 is 27.6 Å². The Balaban J connectivity index is 1.28. The number of sulfonamides is 1. The molecule has 3 heterocycles. The normalized spacial score (nSPS) is 19.1. The standard InChI is InChI=1S/C25H26N2O7S/c1-15(2)27-25(30)19-5-3-18(14-22(19)35(27,31)32)24(29)26-9-7-16(8-10-26)23(28)17-4-6-20-21(13-17)34-12-11-33-20/h3-6,13-16H,7-12H2,1-2H3.